The molecule has 0 saturated carbocycles. The normalized spacial score (nSPS) is 13.1. The Kier molecular flexibility index (Phi) is 10.0. The molecule has 0 radical (unpaired) electrons. The van der Waals surface area contributed by atoms with Crippen molar-refractivity contribution in [2.24, 2.45) is 5.92 Å². The third-order valence-corrected chi connectivity index (χ3v) is 2.88. The minimum absolute atomic E-state index is 0.716. The Balaban J connectivity index is 3.52. The highest BCUT2D eigenvalue weighted by Gasteiger charge is 2.10. The van der Waals surface area contributed by atoms with Crippen molar-refractivity contribution in [2.75, 3.05) is 6.54 Å². The number of unbranched alkanes of at least 4 members (excludes halogenated alkanes) is 3. The fourth-order valence-corrected chi connectivity index (χ4v) is 1.83. The van der Waals surface area contributed by atoms with E-state index in [4.69, 9.17) is 0 Å². The molecule has 0 aromatic rings. The summed E-state index contributed by atoms with van der Waals surface area (Å²) in [5.74, 6) is 0.760. The van der Waals surface area contributed by atoms with E-state index in [1.165, 1.54) is 38.5 Å². The highest BCUT2D eigenvalue weighted by Crippen LogP contribution is 2.12. The fraction of sp³-hybridized carbons (Fsp3) is 0.857. The van der Waals surface area contributed by atoms with E-state index in [2.05, 4.69) is 32.7 Å². The maximum atomic E-state index is 3.75. The molecular weight excluding hydrogens is 182 g/mol. The first-order chi connectivity index (χ1) is 7.22. The minimum Gasteiger partial charge on any atom is -0.314 e. The van der Waals surface area contributed by atoms with Crippen molar-refractivity contribution in [1.82, 2.24) is 5.32 Å². The zero-order valence-electron chi connectivity index (χ0n) is 10.9. The molecule has 0 heterocycles. The van der Waals surface area contributed by atoms with Gasteiger partial charge in [-0.05, 0) is 38.1 Å². The van der Waals surface area contributed by atoms with Crippen LogP contribution in [0.15, 0.2) is 12.7 Å². The van der Waals surface area contributed by atoms with E-state index in [0.29, 0.717) is 6.04 Å². The summed E-state index contributed by atoms with van der Waals surface area (Å²) in [6, 6.07) is 0.716. The smallest absolute Gasteiger partial charge is 0.00900 e. The van der Waals surface area contributed by atoms with Gasteiger partial charge in [0.25, 0.3) is 0 Å². The topological polar surface area (TPSA) is 12.0 Å². The van der Waals surface area contributed by atoms with Gasteiger partial charge < -0.3 is 5.32 Å². The summed E-state index contributed by atoms with van der Waals surface area (Å²) in [6.07, 6.45) is 9.77. The Morgan fingerprint density at radius 2 is 1.93 bits per heavy atom. The van der Waals surface area contributed by atoms with E-state index < -0.39 is 0 Å². The van der Waals surface area contributed by atoms with E-state index in [0.717, 1.165) is 12.5 Å². The minimum atomic E-state index is 0.716. The van der Waals surface area contributed by atoms with Gasteiger partial charge in [0, 0.05) is 6.04 Å². The summed E-state index contributed by atoms with van der Waals surface area (Å²) in [5.41, 5.74) is 0. The van der Waals surface area contributed by atoms with E-state index in [1.807, 2.05) is 6.08 Å². The molecular formula is C14H29N. The first kappa shape index (κ1) is 14.7. The number of hydrogen-bond donors (Lipinski definition) is 1. The van der Waals surface area contributed by atoms with Gasteiger partial charge in [0.05, 0.1) is 0 Å². The van der Waals surface area contributed by atoms with Gasteiger partial charge in [-0.3, -0.25) is 0 Å². The Morgan fingerprint density at radius 3 is 2.47 bits per heavy atom. The summed E-state index contributed by atoms with van der Waals surface area (Å²) in [4.78, 5) is 0. The molecule has 1 heteroatoms. The third-order valence-electron chi connectivity index (χ3n) is 2.88. The zero-order chi connectivity index (χ0) is 11.5. The second kappa shape index (κ2) is 10.2. The Labute approximate surface area is 96.3 Å². The van der Waals surface area contributed by atoms with Crippen molar-refractivity contribution < 1.29 is 0 Å². The maximum Gasteiger partial charge on any atom is 0.00900 e. The molecule has 0 saturated heterocycles. The largest absolute Gasteiger partial charge is 0.314 e. The molecule has 0 bridgehead atoms. The van der Waals surface area contributed by atoms with Gasteiger partial charge in [0.1, 0.15) is 0 Å². The zero-order valence-corrected chi connectivity index (χ0v) is 10.9. The lowest BCUT2D eigenvalue weighted by Gasteiger charge is -2.22. The van der Waals surface area contributed by atoms with Crippen molar-refractivity contribution in [3.63, 3.8) is 0 Å². The maximum absolute atomic E-state index is 3.75. The molecule has 0 aliphatic carbocycles. The van der Waals surface area contributed by atoms with Gasteiger partial charge in [0.15, 0.2) is 0 Å². The summed E-state index contributed by atoms with van der Waals surface area (Å²) in [7, 11) is 0. The molecule has 1 atom stereocenters. The molecule has 90 valence electrons. The second-order valence-corrected chi connectivity index (χ2v) is 4.73. The van der Waals surface area contributed by atoms with Crippen LogP contribution in [-0.4, -0.2) is 12.6 Å². The number of allylic oxidation sites excluding steroid dienone is 1. The van der Waals surface area contributed by atoms with Gasteiger partial charge in [-0.1, -0.05) is 39.7 Å². The van der Waals surface area contributed by atoms with Gasteiger partial charge >= 0.3 is 0 Å². The predicted octanol–water partition coefficient (Wildman–Crippen LogP) is 4.15. The van der Waals surface area contributed by atoms with Gasteiger partial charge in [-0.2, -0.15) is 0 Å². The Morgan fingerprint density at radius 1 is 1.20 bits per heavy atom. The molecule has 1 nitrogen and oxygen atoms in total. The molecule has 15 heavy (non-hydrogen) atoms. The molecule has 0 aromatic carbocycles. The van der Waals surface area contributed by atoms with Gasteiger partial charge in [-0.15, -0.1) is 6.58 Å². The van der Waals surface area contributed by atoms with Crippen LogP contribution in [0.2, 0.25) is 0 Å². The fourth-order valence-electron chi connectivity index (χ4n) is 1.83. The Hall–Kier alpha value is -0.300. The highest BCUT2D eigenvalue weighted by atomic mass is 14.9. The van der Waals surface area contributed by atoms with Crippen LogP contribution in [0.25, 0.3) is 0 Å². The van der Waals surface area contributed by atoms with Crippen LogP contribution in [0.1, 0.15) is 59.3 Å². The van der Waals surface area contributed by atoms with Crippen LogP contribution in [0.4, 0.5) is 0 Å². The lowest BCUT2D eigenvalue weighted by Crippen LogP contribution is -2.34. The summed E-state index contributed by atoms with van der Waals surface area (Å²) in [5, 5.41) is 3.64. The van der Waals surface area contributed by atoms with E-state index in [-0.39, 0.29) is 0 Å². The van der Waals surface area contributed by atoms with Crippen LogP contribution in [0.3, 0.4) is 0 Å². The quantitative estimate of drug-likeness (QED) is 0.423. The number of hydrogen-bond acceptors (Lipinski definition) is 1. The van der Waals surface area contributed by atoms with Crippen molar-refractivity contribution in [1.29, 1.82) is 0 Å². The molecule has 0 spiro atoms. The first-order valence-electron chi connectivity index (χ1n) is 6.56. The van der Waals surface area contributed by atoms with Crippen LogP contribution >= 0.6 is 0 Å². The third kappa shape index (κ3) is 8.68. The van der Waals surface area contributed by atoms with Gasteiger partial charge in [0.2, 0.25) is 0 Å². The molecule has 1 unspecified atom stereocenters. The molecule has 0 amide bonds. The van der Waals surface area contributed by atoms with E-state index >= 15 is 0 Å². The molecule has 0 aromatic heterocycles. The predicted molar refractivity (Wildman–Crippen MR) is 70.2 cm³/mol. The molecule has 0 aliphatic rings. The van der Waals surface area contributed by atoms with E-state index in [9.17, 15) is 0 Å². The molecule has 0 fully saturated rings. The summed E-state index contributed by atoms with van der Waals surface area (Å²) < 4.78 is 0. The second-order valence-electron chi connectivity index (χ2n) is 4.73. The van der Waals surface area contributed by atoms with E-state index in [1.54, 1.807) is 0 Å². The monoisotopic (exact) mass is 211 g/mol. The first-order valence-corrected chi connectivity index (χ1v) is 6.56. The summed E-state index contributed by atoms with van der Waals surface area (Å²) in [6.45, 7) is 11.8. The molecule has 0 rings (SSSR count). The van der Waals surface area contributed by atoms with Crippen LogP contribution < -0.4 is 5.32 Å². The number of nitrogens with one attached hydrogen (secondary N) is 1. The average Bonchev–Trinajstić information content (AvgIpc) is 2.21. The molecule has 0 aliphatic heterocycles. The lowest BCUT2D eigenvalue weighted by molar-refractivity contribution is 0.365. The summed E-state index contributed by atoms with van der Waals surface area (Å²) >= 11 is 0. The highest BCUT2D eigenvalue weighted by molar-refractivity contribution is 4.71. The molecule has 1 N–H and O–H groups in total. The van der Waals surface area contributed by atoms with Crippen molar-refractivity contribution in [3.8, 4) is 0 Å². The van der Waals surface area contributed by atoms with Crippen LogP contribution in [0.5, 0.6) is 0 Å². The van der Waals surface area contributed by atoms with Crippen molar-refractivity contribution in [3.05, 3.63) is 12.7 Å². The van der Waals surface area contributed by atoms with Crippen molar-refractivity contribution >= 4 is 0 Å². The SMILES string of the molecule is C=CCCCCCC(NCCC)C(C)C. The van der Waals surface area contributed by atoms with Crippen LogP contribution in [0, 0.1) is 5.92 Å². The lowest BCUT2D eigenvalue weighted by atomic mass is 9.97. The van der Waals surface area contributed by atoms with Crippen LogP contribution in [-0.2, 0) is 0 Å². The Bertz CT molecular complexity index is 140. The number of rotatable bonds is 10. The average molecular weight is 211 g/mol. The van der Waals surface area contributed by atoms with Crippen molar-refractivity contribution in [2.45, 2.75) is 65.3 Å². The standard InChI is InChI=1S/C14H29N/c1-5-7-8-9-10-11-14(13(3)4)15-12-6-2/h5,13-15H,1,6-12H2,2-4H3. The van der Waals surface area contributed by atoms with Gasteiger partial charge in [-0.25, -0.2) is 0 Å².